The number of hydrogen-bond acceptors (Lipinski definition) is 1. The van der Waals surface area contributed by atoms with Gasteiger partial charge in [-0.1, -0.05) is 18.2 Å². The van der Waals surface area contributed by atoms with Crippen LogP contribution in [0.5, 0.6) is 0 Å². The van der Waals surface area contributed by atoms with Gasteiger partial charge in [0.15, 0.2) is 0 Å². The van der Waals surface area contributed by atoms with Crippen LogP contribution in [0.15, 0.2) is 24.3 Å². The fraction of sp³-hybridized carbons (Fsp3) is 0.333. The Kier molecular flexibility index (Phi) is 1.86. The number of benzene rings is 1. The van der Waals surface area contributed by atoms with E-state index in [1.165, 1.54) is 11.8 Å². The van der Waals surface area contributed by atoms with Gasteiger partial charge in [-0.15, -0.1) is 0 Å². The molecule has 1 saturated heterocycles. The molecule has 1 aromatic rings. The highest BCUT2D eigenvalue weighted by molar-refractivity contribution is 8.00. The molecule has 0 aromatic heterocycles. The van der Waals surface area contributed by atoms with Gasteiger partial charge in [-0.25, -0.2) is 4.39 Å². The first-order valence-electron chi connectivity index (χ1n) is 3.74. The Hall–Kier alpha value is -0.500. The minimum absolute atomic E-state index is 0.0512. The first-order valence-corrected chi connectivity index (χ1v) is 4.79. The summed E-state index contributed by atoms with van der Waals surface area (Å²) in [5.74, 6) is 1.13. The molecule has 2 rings (SSSR count). The van der Waals surface area contributed by atoms with E-state index in [1.807, 2.05) is 23.9 Å². The Labute approximate surface area is 69.8 Å². The van der Waals surface area contributed by atoms with Crippen LogP contribution in [-0.4, -0.2) is 5.75 Å². The molecule has 1 aliphatic heterocycles. The van der Waals surface area contributed by atoms with Crippen molar-refractivity contribution in [2.45, 2.75) is 11.7 Å². The molecule has 1 aromatic carbocycles. The Morgan fingerprint density at radius 3 is 2.64 bits per heavy atom. The molecule has 1 heterocycles. The maximum absolute atomic E-state index is 13.0. The Morgan fingerprint density at radius 1 is 1.36 bits per heavy atom. The van der Waals surface area contributed by atoms with Crippen LogP contribution < -0.4 is 0 Å². The lowest BCUT2D eigenvalue weighted by atomic mass is 10.1. The fourth-order valence-corrected chi connectivity index (χ4v) is 2.06. The monoisotopic (exact) mass is 168 g/mol. The molecule has 0 amide bonds. The van der Waals surface area contributed by atoms with E-state index in [1.54, 1.807) is 6.07 Å². The van der Waals surface area contributed by atoms with Crippen molar-refractivity contribution in [1.29, 1.82) is 0 Å². The zero-order valence-corrected chi connectivity index (χ0v) is 6.90. The number of hydrogen-bond donors (Lipinski definition) is 0. The van der Waals surface area contributed by atoms with Crippen LogP contribution in [-0.2, 0) is 0 Å². The van der Waals surface area contributed by atoms with E-state index in [0.29, 0.717) is 5.25 Å². The molecule has 1 aliphatic rings. The zero-order chi connectivity index (χ0) is 7.68. The minimum Gasteiger partial charge on any atom is -0.207 e. The highest BCUT2D eigenvalue weighted by Gasteiger charge is 2.22. The average Bonchev–Trinajstić information content (AvgIpc) is 1.90. The van der Waals surface area contributed by atoms with Crippen LogP contribution in [0.2, 0.25) is 0 Å². The SMILES string of the molecule is Fc1ccccc1C1CCS1. The lowest BCUT2D eigenvalue weighted by Gasteiger charge is -2.25. The normalized spacial score (nSPS) is 22.8. The lowest BCUT2D eigenvalue weighted by Crippen LogP contribution is -2.08. The summed E-state index contributed by atoms with van der Waals surface area (Å²) in [6.45, 7) is 0. The quantitative estimate of drug-likeness (QED) is 0.621. The molecule has 0 saturated carbocycles. The Bertz CT molecular complexity index is 255. The van der Waals surface area contributed by atoms with Gasteiger partial charge in [0.25, 0.3) is 0 Å². The standard InChI is InChI=1S/C9H9FS/c10-8-4-2-1-3-7(8)9-5-6-11-9/h1-4,9H,5-6H2. The second kappa shape index (κ2) is 2.86. The molecule has 2 heteroatoms. The van der Waals surface area contributed by atoms with Gasteiger partial charge in [0, 0.05) is 10.8 Å². The van der Waals surface area contributed by atoms with Crippen molar-refractivity contribution >= 4 is 11.8 Å². The van der Waals surface area contributed by atoms with E-state index in [0.717, 1.165) is 12.0 Å². The van der Waals surface area contributed by atoms with E-state index in [9.17, 15) is 4.39 Å². The van der Waals surface area contributed by atoms with Crippen LogP contribution in [0.3, 0.4) is 0 Å². The maximum Gasteiger partial charge on any atom is 0.127 e. The summed E-state index contributed by atoms with van der Waals surface area (Å²) >= 11 is 1.83. The molecule has 1 atom stereocenters. The molecule has 11 heavy (non-hydrogen) atoms. The smallest absolute Gasteiger partial charge is 0.127 e. The summed E-state index contributed by atoms with van der Waals surface area (Å²) in [6, 6.07) is 7.06. The van der Waals surface area contributed by atoms with Gasteiger partial charge in [0.1, 0.15) is 5.82 Å². The maximum atomic E-state index is 13.0. The molecule has 58 valence electrons. The van der Waals surface area contributed by atoms with Crippen LogP contribution in [0.25, 0.3) is 0 Å². The van der Waals surface area contributed by atoms with Gasteiger partial charge >= 0.3 is 0 Å². The van der Waals surface area contributed by atoms with Gasteiger partial charge in [0.2, 0.25) is 0 Å². The topological polar surface area (TPSA) is 0 Å². The predicted octanol–water partition coefficient (Wildman–Crippen LogP) is 3.00. The zero-order valence-electron chi connectivity index (χ0n) is 6.09. The molecule has 0 spiro atoms. The van der Waals surface area contributed by atoms with Crippen LogP contribution in [0.4, 0.5) is 4.39 Å². The average molecular weight is 168 g/mol. The van der Waals surface area contributed by atoms with Crippen molar-refractivity contribution in [3.05, 3.63) is 35.6 Å². The second-order valence-electron chi connectivity index (χ2n) is 2.67. The van der Waals surface area contributed by atoms with Crippen LogP contribution in [0.1, 0.15) is 17.2 Å². The van der Waals surface area contributed by atoms with E-state index >= 15 is 0 Å². The number of halogens is 1. The molecule has 1 unspecified atom stereocenters. The van der Waals surface area contributed by atoms with Crippen LogP contribution in [0, 0.1) is 5.82 Å². The molecule has 0 bridgehead atoms. The van der Waals surface area contributed by atoms with E-state index in [-0.39, 0.29) is 5.82 Å². The van der Waals surface area contributed by atoms with Crippen molar-refractivity contribution in [2.24, 2.45) is 0 Å². The highest BCUT2D eigenvalue weighted by atomic mass is 32.2. The summed E-state index contributed by atoms with van der Waals surface area (Å²) in [5.41, 5.74) is 0.878. The van der Waals surface area contributed by atoms with Crippen molar-refractivity contribution in [3.63, 3.8) is 0 Å². The van der Waals surface area contributed by atoms with Crippen molar-refractivity contribution in [3.8, 4) is 0 Å². The molecule has 0 radical (unpaired) electrons. The van der Waals surface area contributed by atoms with Crippen molar-refractivity contribution < 1.29 is 4.39 Å². The first kappa shape index (κ1) is 7.17. The van der Waals surface area contributed by atoms with E-state index in [2.05, 4.69) is 0 Å². The fourth-order valence-electron chi connectivity index (χ4n) is 1.22. The highest BCUT2D eigenvalue weighted by Crippen LogP contribution is 2.42. The summed E-state index contributed by atoms with van der Waals surface area (Å²) in [5, 5.41) is 0.427. The van der Waals surface area contributed by atoms with E-state index in [4.69, 9.17) is 0 Å². The molecular weight excluding hydrogens is 159 g/mol. The summed E-state index contributed by atoms with van der Waals surface area (Å²) in [6.07, 6.45) is 1.13. The third-order valence-corrected chi connectivity index (χ3v) is 3.31. The first-order chi connectivity index (χ1) is 5.38. The molecule has 0 N–H and O–H groups in total. The van der Waals surface area contributed by atoms with Crippen molar-refractivity contribution in [2.75, 3.05) is 5.75 Å². The van der Waals surface area contributed by atoms with Crippen LogP contribution >= 0.6 is 11.8 Å². The third kappa shape index (κ3) is 1.27. The largest absolute Gasteiger partial charge is 0.207 e. The van der Waals surface area contributed by atoms with Gasteiger partial charge < -0.3 is 0 Å². The molecule has 0 aliphatic carbocycles. The third-order valence-electron chi connectivity index (χ3n) is 1.95. The van der Waals surface area contributed by atoms with Gasteiger partial charge in [0.05, 0.1) is 0 Å². The molecule has 0 nitrogen and oxygen atoms in total. The van der Waals surface area contributed by atoms with E-state index < -0.39 is 0 Å². The number of thioether (sulfide) groups is 1. The number of rotatable bonds is 1. The summed E-state index contributed by atoms with van der Waals surface area (Å²) in [4.78, 5) is 0. The Morgan fingerprint density at radius 2 is 2.09 bits per heavy atom. The van der Waals surface area contributed by atoms with Gasteiger partial charge in [-0.3, -0.25) is 0 Å². The summed E-state index contributed by atoms with van der Waals surface area (Å²) in [7, 11) is 0. The van der Waals surface area contributed by atoms with Gasteiger partial charge in [-0.2, -0.15) is 11.8 Å². The lowest BCUT2D eigenvalue weighted by molar-refractivity contribution is 0.602. The Balaban J connectivity index is 2.28. The minimum atomic E-state index is -0.0512. The van der Waals surface area contributed by atoms with Crippen molar-refractivity contribution in [1.82, 2.24) is 0 Å². The molecular formula is C9H9FS. The second-order valence-corrected chi connectivity index (χ2v) is 3.98. The predicted molar refractivity (Wildman–Crippen MR) is 46.2 cm³/mol. The molecule has 1 fully saturated rings. The summed E-state index contributed by atoms with van der Waals surface area (Å²) < 4.78 is 13.0. The van der Waals surface area contributed by atoms with Gasteiger partial charge in [-0.05, 0) is 18.2 Å².